The number of carbonyl (C=O) groups excluding carboxylic acids is 1. The molecule has 0 unspecified atom stereocenters. The molecule has 3 nitrogen and oxygen atoms in total. The minimum absolute atomic E-state index is 0.205. The molecule has 1 amide bonds. The van der Waals surface area contributed by atoms with Crippen molar-refractivity contribution in [3.05, 3.63) is 70.2 Å². The number of amides is 1. The predicted octanol–water partition coefficient (Wildman–Crippen LogP) is 4.26. The average molecular weight is 391 g/mol. The third-order valence-corrected chi connectivity index (χ3v) is 5.78. The molecule has 4 rings (SSSR count). The van der Waals surface area contributed by atoms with E-state index in [9.17, 15) is 13.6 Å². The molecule has 6 heteroatoms. The standard InChI is InChI=1S/C21H21ClF2N2O/c22-17-5-16(6-19(24)7-17)20(27)25-10-15-8-21(9-15)12-26(13-21)11-14-1-3-18(23)4-2-14/h1-7,15H,8-13H2,(H,25,27). The van der Waals surface area contributed by atoms with Gasteiger partial charge in [-0.05, 0) is 60.1 Å². The van der Waals surface area contributed by atoms with Crippen LogP contribution < -0.4 is 5.32 Å². The van der Waals surface area contributed by atoms with Crippen LogP contribution in [0, 0.1) is 23.0 Å². The minimum atomic E-state index is -0.508. The van der Waals surface area contributed by atoms with Gasteiger partial charge in [0.2, 0.25) is 0 Å². The third-order valence-electron chi connectivity index (χ3n) is 5.56. The largest absolute Gasteiger partial charge is 0.352 e. The zero-order valence-corrected chi connectivity index (χ0v) is 15.6. The number of benzene rings is 2. The SMILES string of the molecule is O=C(NCC1CC2(C1)CN(Cc1ccc(F)cc1)C2)c1cc(F)cc(Cl)c1. The Morgan fingerprint density at radius 2 is 1.81 bits per heavy atom. The fourth-order valence-electron chi connectivity index (χ4n) is 4.45. The number of nitrogens with one attached hydrogen (secondary N) is 1. The molecule has 2 fully saturated rings. The summed E-state index contributed by atoms with van der Waals surface area (Å²) in [6.07, 6.45) is 2.19. The van der Waals surface area contributed by atoms with Crippen molar-refractivity contribution in [2.75, 3.05) is 19.6 Å². The van der Waals surface area contributed by atoms with Gasteiger partial charge in [0.25, 0.3) is 5.91 Å². The second-order valence-electron chi connectivity index (χ2n) is 7.91. The van der Waals surface area contributed by atoms with Crippen molar-refractivity contribution in [2.45, 2.75) is 19.4 Å². The minimum Gasteiger partial charge on any atom is -0.352 e. The van der Waals surface area contributed by atoms with Crippen LogP contribution in [-0.4, -0.2) is 30.4 Å². The van der Waals surface area contributed by atoms with Crippen molar-refractivity contribution >= 4 is 17.5 Å². The van der Waals surface area contributed by atoms with Crippen LogP contribution in [0.3, 0.4) is 0 Å². The van der Waals surface area contributed by atoms with Gasteiger partial charge < -0.3 is 5.32 Å². The summed E-state index contributed by atoms with van der Waals surface area (Å²) < 4.78 is 26.3. The van der Waals surface area contributed by atoms with E-state index in [0.29, 0.717) is 17.9 Å². The molecule has 2 aromatic carbocycles. The van der Waals surface area contributed by atoms with E-state index in [1.807, 2.05) is 12.1 Å². The summed E-state index contributed by atoms with van der Waals surface area (Å²) in [7, 11) is 0. The molecule has 0 aromatic heterocycles. The predicted molar refractivity (Wildman–Crippen MR) is 101 cm³/mol. The van der Waals surface area contributed by atoms with Gasteiger partial charge in [-0.2, -0.15) is 0 Å². The second kappa shape index (κ2) is 7.21. The van der Waals surface area contributed by atoms with Gasteiger partial charge in [0.15, 0.2) is 0 Å². The van der Waals surface area contributed by atoms with E-state index in [-0.39, 0.29) is 22.3 Å². The fraction of sp³-hybridized carbons (Fsp3) is 0.381. The molecular formula is C21H21ClF2N2O. The molecule has 142 valence electrons. The monoisotopic (exact) mass is 390 g/mol. The van der Waals surface area contributed by atoms with Crippen molar-refractivity contribution in [3.8, 4) is 0 Å². The third kappa shape index (κ3) is 4.14. The zero-order valence-electron chi connectivity index (χ0n) is 14.9. The molecule has 1 saturated heterocycles. The maximum Gasteiger partial charge on any atom is 0.251 e. The van der Waals surface area contributed by atoms with Gasteiger partial charge in [-0.3, -0.25) is 9.69 Å². The molecular weight excluding hydrogens is 370 g/mol. The summed E-state index contributed by atoms with van der Waals surface area (Å²) >= 11 is 5.80. The molecule has 1 heterocycles. The molecule has 1 spiro atoms. The molecule has 1 aliphatic heterocycles. The van der Waals surface area contributed by atoms with Gasteiger partial charge in [-0.15, -0.1) is 0 Å². The van der Waals surface area contributed by atoms with Crippen LogP contribution in [-0.2, 0) is 6.54 Å². The maximum atomic E-state index is 13.3. The van der Waals surface area contributed by atoms with E-state index in [1.165, 1.54) is 30.3 Å². The Labute approximate surface area is 162 Å². The van der Waals surface area contributed by atoms with E-state index in [0.717, 1.165) is 38.0 Å². The molecule has 0 radical (unpaired) electrons. The highest BCUT2D eigenvalue weighted by Crippen LogP contribution is 2.51. The fourth-order valence-corrected chi connectivity index (χ4v) is 4.68. The first-order chi connectivity index (χ1) is 12.9. The zero-order chi connectivity index (χ0) is 19.0. The molecule has 1 N–H and O–H groups in total. The van der Waals surface area contributed by atoms with Crippen molar-refractivity contribution in [1.82, 2.24) is 10.2 Å². The highest BCUT2D eigenvalue weighted by molar-refractivity contribution is 6.31. The Morgan fingerprint density at radius 3 is 2.48 bits per heavy atom. The van der Waals surface area contributed by atoms with Crippen LogP contribution in [0.5, 0.6) is 0 Å². The number of hydrogen-bond donors (Lipinski definition) is 1. The van der Waals surface area contributed by atoms with Crippen LogP contribution in [0.2, 0.25) is 5.02 Å². The lowest BCUT2D eigenvalue weighted by molar-refractivity contribution is -0.0967. The average Bonchev–Trinajstić information content (AvgIpc) is 2.55. The molecule has 1 saturated carbocycles. The number of hydrogen-bond acceptors (Lipinski definition) is 2. The Kier molecular flexibility index (Phi) is 4.91. The van der Waals surface area contributed by atoms with Crippen LogP contribution in [0.15, 0.2) is 42.5 Å². The highest BCUT2D eigenvalue weighted by Gasteiger charge is 2.51. The van der Waals surface area contributed by atoms with E-state index >= 15 is 0 Å². The Bertz CT molecular complexity index is 822. The van der Waals surface area contributed by atoms with Gasteiger partial charge in [0.1, 0.15) is 11.6 Å². The van der Waals surface area contributed by atoms with Crippen LogP contribution in [0.25, 0.3) is 0 Å². The maximum absolute atomic E-state index is 13.3. The summed E-state index contributed by atoms with van der Waals surface area (Å²) in [6, 6.07) is 10.5. The van der Waals surface area contributed by atoms with Crippen molar-refractivity contribution in [3.63, 3.8) is 0 Å². The van der Waals surface area contributed by atoms with Crippen molar-refractivity contribution < 1.29 is 13.6 Å². The number of rotatable bonds is 5. The first-order valence-electron chi connectivity index (χ1n) is 9.12. The summed E-state index contributed by atoms with van der Waals surface area (Å²) in [5.74, 6) is -0.538. The van der Waals surface area contributed by atoms with E-state index in [4.69, 9.17) is 11.6 Å². The normalized spacial score (nSPS) is 18.8. The van der Waals surface area contributed by atoms with Gasteiger partial charge in [0.05, 0.1) is 0 Å². The molecule has 1 aliphatic carbocycles. The smallest absolute Gasteiger partial charge is 0.251 e. The lowest BCUT2D eigenvalue weighted by Crippen LogP contribution is -2.62. The number of likely N-dealkylation sites (tertiary alicyclic amines) is 1. The number of carbonyl (C=O) groups is 1. The van der Waals surface area contributed by atoms with Crippen LogP contribution in [0.1, 0.15) is 28.8 Å². The topological polar surface area (TPSA) is 32.3 Å². The van der Waals surface area contributed by atoms with Gasteiger partial charge >= 0.3 is 0 Å². The first-order valence-corrected chi connectivity index (χ1v) is 9.50. The summed E-state index contributed by atoms with van der Waals surface area (Å²) in [4.78, 5) is 14.5. The van der Waals surface area contributed by atoms with Crippen LogP contribution in [0.4, 0.5) is 8.78 Å². The molecule has 2 aromatic rings. The number of nitrogens with zero attached hydrogens (tertiary/aromatic N) is 1. The summed E-state index contributed by atoms with van der Waals surface area (Å²) in [5.41, 5.74) is 1.75. The lowest BCUT2D eigenvalue weighted by Gasteiger charge is -2.59. The molecule has 2 aliphatic rings. The molecule has 0 atom stereocenters. The van der Waals surface area contributed by atoms with Crippen molar-refractivity contribution in [1.29, 1.82) is 0 Å². The van der Waals surface area contributed by atoms with E-state index in [2.05, 4.69) is 10.2 Å². The number of halogens is 3. The van der Waals surface area contributed by atoms with Gasteiger partial charge in [-0.1, -0.05) is 23.7 Å². The van der Waals surface area contributed by atoms with E-state index < -0.39 is 5.82 Å². The van der Waals surface area contributed by atoms with E-state index in [1.54, 1.807) is 0 Å². The Hall–Kier alpha value is -1.98. The van der Waals surface area contributed by atoms with Gasteiger partial charge in [-0.25, -0.2) is 8.78 Å². The molecule has 0 bridgehead atoms. The highest BCUT2D eigenvalue weighted by atomic mass is 35.5. The van der Waals surface area contributed by atoms with Gasteiger partial charge in [0, 0.05) is 36.8 Å². The quantitative estimate of drug-likeness (QED) is 0.827. The molecule has 27 heavy (non-hydrogen) atoms. The Balaban J connectivity index is 1.19. The Morgan fingerprint density at radius 1 is 1.11 bits per heavy atom. The van der Waals surface area contributed by atoms with Crippen LogP contribution >= 0.6 is 11.6 Å². The van der Waals surface area contributed by atoms with Crippen molar-refractivity contribution in [2.24, 2.45) is 11.3 Å². The second-order valence-corrected chi connectivity index (χ2v) is 8.35. The first kappa shape index (κ1) is 18.4. The summed E-state index contributed by atoms with van der Waals surface area (Å²) in [6.45, 7) is 3.55. The summed E-state index contributed by atoms with van der Waals surface area (Å²) in [5, 5.41) is 3.11. The lowest BCUT2D eigenvalue weighted by atomic mass is 9.57.